The first-order valence-electron chi connectivity index (χ1n) is 5.80. The van der Waals surface area contributed by atoms with Crippen LogP contribution in [-0.2, 0) is 4.74 Å². The molecule has 0 atom stereocenters. The van der Waals surface area contributed by atoms with Crippen LogP contribution in [0.25, 0.3) is 0 Å². The van der Waals surface area contributed by atoms with Crippen LogP contribution in [0, 0.1) is 6.92 Å². The van der Waals surface area contributed by atoms with Crippen LogP contribution in [0.1, 0.15) is 36.2 Å². The van der Waals surface area contributed by atoms with E-state index in [1.54, 1.807) is 6.07 Å². The van der Waals surface area contributed by atoms with Gasteiger partial charge in [0, 0.05) is 5.69 Å². The molecule has 4 nitrogen and oxygen atoms in total. The maximum Gasteiger partial charge on any atom is 0.340 e. The molecule has 0 heterocycles. The quantitative estimate of drug-likeness (QED) is 0.631. The maximum absolute atomic E-state index is 11.8. The minimum absolute atomic E-state index is 0.377. The summed E-state index contributed by atoms with van der Waals surface area (Å²) in [6.07, 6.45) is 0.787. The van der Waals surface area contributed by atoms with Crippen LogP contribution >= 0.6 is 0 Å². The molecule has 0 aromatic heterocycles. The van der Waals surface area contributed by atoms with E-state index < -0.39 is 5.97 Å². The summed E-state index contributed by atoms with van der Waals surface area (Å²) in [6, 6.07) is 3.44. The molecule has 17 heavy (non-hydrogen) atoms. The normalized spacial score (nSPS) is 10.1. The Bertz CT molecular complexity index is 402. The Morgan fingerprint density at radius 2 is 2.06 bits per heavy atom. The highest BCUT2D eigenvalue weighted by Crippen LogP contribution is 2.25. The standard InChI is InChI=1S/C13H19NO3/c1-4-6-17-13(15)11-8-10(16-5-2)7-9(3)12(11)14/h7-8H,4-6,14H2,1-3H3. The summed E-state index contributed by atoms with van der Waals surface area (Å²) in [7, 11) is 0. The van der Waals surface area contributed by atoms with E-state index in [1.165, 1.54) is 0 Å². The number of carbonyl (C=O) groups excluding carboxylic acids is 1. The summed E-state index contributed by atoms with van der Waals surface area (Å²) >= 11 is 0. The van der Waals surface area contributed by atoms with Crippen molar-refractivity contribution in [3.8, 4) is 5.75 Å². The van der Waals surface area contributed by atoms with Crippen LogP contribution in [0.5, 0.6) is 5.75 Å². The van der Waals surface area contributed by atoms with Gasteiger partial charge in [-0.15, -0.1) is 0 Å². The third-order valence-electron chi connectivity index (χ3n) is 2.33. The van der Waals surface area contributed by atoms with E-state index >= 15 is 0 Å². The van der Waals surface area contributed by atoms with E-state index in [0.29, 0.717) is 30.2 Å². The van der Waals surface area contributed by atoms with Crippen LogP contribution < -0.4 is 10.5 Å². The lowest BCUT2D eigenvalue weighted by Gasteiger charge is -2.11. The molecule has 0 amide bonds. The molecular formula is C13H19NO3. The van der Waals surface area contributed by atoms with Crippen LogP contribution in [-0.4, -0.2) is 19.2 Å². The molecule has 94 valence electrons. The minimum atomic E-state index is -0.394. The van der Waals surface area contributed by atoms with Crippen molar-refractivity contribution in [3.05, 3.63) is 23.3 Å². The van der Waals surface area contributed by atoms with Crippen LogP contribution in [0.3, 0.4) is 0 Å². The zero-order chi connectivity index (χ0) is 12.8. The van der Waals surface area contributed by atoms with Gasteiger partial charge in [-0.25, -0.2) is 4.79 Å². The fourth-order valence-electron chi connectivity index (χ4n) is 1.46. The molecule has 0 aliphatic rings. The molecule has 0 saturated heterocycles. The summed E-state index contributed by atoms with van der Waals surface area (Å²) in [5, 5.41) is 0. The molecule has 0 spiro atoms. The van der Waals surface area contributed by atoms with E-state index in [1.807, 2.05) is 26.8 Å². The predicted octanol–water partition coefficient (Wildman–Crippen LogP) is 2.54. The smallest absolute Gasteiger partial charge is 0.340 e. The molecule has 2 N–H and O–H groups in total. The van der Waals surface area contributed by atoms with Gasteiger partial charge in [-0.3, -0.25) is 0 Å². The van der Waals surface area contributed by atoms with Gasteiger partial charge in [0.05, 0.1) is 18.8 Å². The summed E-state index contributed by atoms with van der Waals surface area (Å²) < 4.78 is 10.4. The number of esters is 1. The molecule has 0 aliphatic carbocycles. The van der Waals surface area contributed by atoms with Gasteiger partial charge in [-0.1, -0.05) is 6.92 Å². The number of rotatable bonds is 5. The third kappa shape index (κ3) is 3.37. The highest BCUT2D eigenvalue weighted by atomic mass is 16.5. The average Bonchev–Trinajstić information content (AvgIpc) is 2.30. The topological polar surface area (TPSA) is 61.5 Å². The summed E-state index contributed by atoms with van der Waals surface area (Å²) in [5.74, 6) is 0.247. The van der Waals surface area contributed by atoms with Gasteiger partial charge in [0.2, 0.25) is 0 Å². The first-order valence-corrected chi connectivity index (χ1v) is 5.80. The zero-order valence-electron chi connectivity index (χ0n) is 10.6. The van der Waals surface area contributed by atoms with Crippen molar-refractivity contribution in [1.29, 1.82) is 0 Å². The van der Waals surface area contributed by atoms with Crippen LogP contribution in [0.2, 0.25) is 0 Å². The Morgan fingerprint density at radius 1 is 1.35 bits per heavy atom. The zero-order valence-corrected chi connectivity index (χ0v) is 10.6. The number of nitrogen functional groups attached to an aromatic ring is 1. The Labute approximate surface area is 102 Å². The lowest BCUT2D eigenvalue weighted by atomic mass is 10.1. The van der Waals surface area contributed by atoms with Gasteiger partial charge < -0.3 is 15.2 Å². The van der Waals surface area contributed by atoms with Gasteiger partial charge in [-0.05, 0) is 38.0 Å². The van der Waals surface area contributed by atoms with Crippen molar-refractivity contribution in [2.45, 2.75) is 27.2 Å². The van der Waals surface area contributed by atoms with Crippen molar-refractivity contribution in [1.82, 2.24) is 0 Å². The minimum Gasteiger partial charge on any atom is -0.494 e. The predicted molar refractivity (Wildman–Crippen MR) is 67.3 cm³/mol. The summed E-state index contributed by atoms with van der Waals surface area (Å²) in [6.45, 7) is 6.62. The number of hydrogen-bond acceptors (Lipinski definition) is 4. The molecule has 0 unspecified atom stereocenters. The van der Waals surface area contributed by atoms with Crippen molar-refractivity contribution >= 4 is 11.7 Å². The molecule has 1 rings (SSSR count). The number of hydrogen-bond donors (Lipinski definition) is 1. The Morgan fingerprint density at radius 3 is 2.65 bits per heavy atom. The number of anilines is 1. The summed E-state index contributed by atoms with van der Waals surface area (Å²) in [5.41, 5.74) is 7.51. The van der Waals surface area contributed by atoms with Gasteiger partial charge in [-0.2, -0.15) is 0 Å². The molecule has 0 radical (unpaired) electrons. The number of carbonyl (C=O) groups is 1. The van der Waals surface area contributed by atoms with E-state index in [0.717, 1.165) is 12.0 Å². The Kier molecular flexibility index (Phi) is 4.82. The van der Waals surface area contributed by atoms with Gasteiger partial charge >= 0.3 is 5.97 Å². The molecule has 0 aliphatic heterocycles. The molecule has 1 aromatic carbocycles. The van der Waals surface area contributed by atoms with Crippen LogP contribution in [0.4, 0.5) is 5.69 Å². The van der Waals surface area contributed by atoms with Crippen molar-refractivity contribution in [2.24, 2.45) is 0 Å². The lowest BCUT2D eigenvalue weighted by molar-refractivity contribution is 0.0506. The first-order chi connectivity index (χ1) is 8.10. The molecule has 4 heteroatoms. The molecule has 0 saturated carbocycles. The fourth-order valence-corrected chi connectivity index (χ4v) is 1.46. The fraction of sp³-hybridized carbons (Fsp3) is 0.462. The second-order valence-corrected chi connectivity index (χ2v) is 3.77. The van der Waals surface area contributed by atoms with Crippen molar-refractivity contribution < 1.29 is 14.3 Å². The van der Waals surface area contributed by atoms with Gasteiger partial charge in [0.1, 0.15) is 5.75 Å². The summed E-state index contributed by atoms with van der Waals surface area (Å²) in [4.78, 5) is 11.8. The van der Waals surface area contributed by atoms with Gasteiger partial charge in [0.15, 0.2) is 0 Å². The average molecular weight is 237 g/mol. The van der Waals surface area contributed by atoms with Crippen molar-refractivity contribution in [2.75, 3.05) is 18.9 Å². The van der Waals surface area contributed by atoms with Gasteiger partial charge in [0.25, 0.3) is 0 Å². The lowest BCUT2D eigenvalue weighted by Crippen LogP contribution is -2.10. The number of ether oxygens (including phenoxy) is 2. The molecular weight excluding hydrogens is 218 g/mol. The third-order valence-corrected chi connectivity index (χ3v) is 2.33. The van der Waals surface area contributed by atoms with E-state index in [-0.39, 0.29) is 0 Å². The Hall–Kier alpha value is -1.71. The molecule has 0 fully saturated rings. The Balaban J connectivity index is 3.00. The number of benzene rings is 1. The van der Waals surface area contributed by atoms with E-state index in [4.69, 9.17) is 15.2 Å². The van der Waals surface area contributed by atoms with E-state index in [9.17, 15) is 4.79 Å². The SMILES string of the molecule is CCCOC(=O)c1cc(OCC)cc(C)c1N. The van der Waals surface area contributed by atoms with E-state index in [2.05, 4.69) is 0 Å². The van der Waals surface area contributed by atoms with Crippen molar-refractivity contribution in [3.63, 3.8) is 0 Å². The molecule has 1 aromatic rings. The number of aryl methyl sites for hydroxylation is 1. The second kappa shape index (κ2) is 6.13. The highest BCUT2D eigenvalue weighted by molar-refractivity contribution is 5.96. The monoisotopic (exact) mass is 237 g/mol. The largest absolute Gasteiger partial charge is 0.494 e. The highest BCUT2D eigenvalue weighted by Gasteiger charge is 2.14. The number of nitrogens with two attached hydrogens (primary N) is 1. The second-order valence-electron chi connectivity index (χ2n) is 3.77. The maximum atomic E-state index is 11.8. The van der Waals surface area contributed by atoms with Crippen LogP contribution in [0.15, 0.2) is 12.1 Å². The molecule has 0 bridgehead atoms. The first kappa shape index (κ1) is 13.4.